The molecule has 118 valence electrons. The third-order valence-corrected chi connectivity index (χ3v) is 5.15. The number of nitrogens with zero attached hydrogens (tertiary/aromatic N) is 3. The van der Waals surface area contributed by atoms with Gasteiger partial charge in [0.15, 0.2) is 0 Å². The normalized spacial score (nSPS) is 27.4. The molecule has 1 saturated carbocycles. The maximum atomic E-state index is 10.2. The molecule has 2 N–H and O–H groups in total. The van der Waals surface area contributed by atoms with Crippen molar-refractivity contribution in [1.29, 1.82) is 0 Å². The van der Waals surface area contributed by atoms with Crippen LogP contribution in [0.3, 0.4) is 0 Å². The largest absolute Gasteiger partial charge is 0.391 e. The molecule has 0 spiro atoms. The van der Waals surface area contributed by atoms with Crippen molar-refractivity contribution in [2.75, 3.05) is 31.1 Å². The first-order valence-electron chi connectivity index (χ1n) is 8.43. The summed E-state index contributed by atoms with van der Waals surface area (Å²) in [6.07, 6.45) is 4.41. The molecule has 2 aliphatic rings. The summed E-state index contributed by atoms with van der Waals surface area (Å²) in [5.41, 5.74) is 2.13. The van der Waals surface area contributed by atoms with Gasteiger partial charge in [0.1, 0.15) is 0 Å². The van der Waals surface area contributed by atoms with Crippen LogP contribution in [0.4, 0.5) is 5.95 Å². The van der Waals surface area contributed by atoms with Gasteiger partial charge in [0.2, 0.25) is 5.95 Å². The minimum atomic E-state index is -0.133. The van der Waals surface area contributed by atoms with Crippen LogP contribution in [0.2, 0.25) is 0 Å². The number of aromatic nitrogens is 2. The number of nitrogens with one attached hydrogen (secondary N) is 1. The lowest BCUT2D eigenvalue weighted by Gasteiger charge is -2.42. The Morgan fingerprint density at radius 2 is 1.82 bits per heavy atom. The molecular weight excluding hydrogens is 276 g/mol. The number of rotatable bonds is 2. The molecular formula is C17H24N4O. The van der Waals surface area contributed by atoms with Crippen LogP contribution >= 0.6 is 0 Å². The fraction of sp³-hybridized carbons (Fsp3) is 0.588. The zero-order valence-corrected chi connectivity index (χ0v) is 12.9. The second kappa shape index (κ2) is 5.89. The van der Waals surface area contributed by atoms with Gasteiger partial charge in [-0.05, 0) is 25.0 Å². The molecule has 1 aliphatic carbocycles. The van der Waals surface area contributed by atoms with E-state index in [4.69, 9.17) is 4.98 Å². The first kappa shape index (κ1) is 14.0. The Labute approximate surface area is 130 Å². The van der Waals surface area contributed by atoms with E-state index in [0.717, 1.165) is 56.0 Å². The predicted molar refractivity (Wildman–Crippen MR) is 88.1 cm³/mol. The van der Waals surface area contributed by atoms with Crippen molar-refractivity contribution in [3.05, 3.63) is 24.3 Å². The van der Waals surface area contributed by atoms with E-state index >= 15 is 0 Å². The molecule has 1 aromatic carbocycles. The van der Waals surface area contributed by atoms with Crippen molar-refractivity contribution in [2.24, 2.45) is 0 Å². The number of aliphatic hydroxyl groups excluding tert-OH is 1. The van der Waals surface area contributed by atoms with Crippen molar-refractivity contribution >= 4 is 17.0 Å². The van der Waals surface area contributed by atoms with E-state index in [0.29, 0.717) is 6.04 Å². The fourth-order valence-electron chi connectivity index (χ4n) is 3.87. The molecule has 1 saturated heterocycles. The van der Waals surface area contributed by atoms with Gasteiger partial charge in [-0.15, -0.1) is 0 Å². The van der Waals surface area contributed by atoms with Crippen LogP contribution in [0.15, 0.2) is 24.3 Å². The Bertz CT molecular complexity index is 599. The molecule has 0 bridgehead atoms. The summed E-state index contributed by atoms with van der Waals surface area (Å²) in [5.74, 6) is 0.977. The predicted octanol–water partition coefficient (Wildman–Crippen LogP) is 1.99. The Balaban J connectivity index is 1.43. The second-order valence-electron chi connectivity index (χ2n) is 6.52. The monoisotopic (exact) mass is 300 g/mol. The van der Waals surface area contributed by atoms with Crippen LogP contribution in [0, 0.1) is 0 Å². The first-order chi connectivity index (χ1) is 10.8. The number of hydrogen-bond donors (Lipinski definition) is 2. The molecule has 2 unspecified atom stereocenters. The zero-order chi connectivity index (χ0) is 14.9. The minimum Gasteiger partial charge on any atom is -0.391 e. The highest BCUT2D eigenvalue weighted by atomic mass is 16.3. The van der Waals surface area contributed by atoms with E-state index in [-0.39, 0.29) is 6.10 Å². The molecule has 5 heteroatoms. The van der Waals surface area contributed by atoms with Gasteiger partial charge in [-0.3, -0.25) is 4.90 Å². The number of anilines is 1. The lowest BCUT2D eigenvalue weighted by atomic mass is 9.91. The molecule has 5 nitrogen and oxygen atoms in total. The van der Waals surface area contributed by atoms with Gasteiger partial charge in [-0.25, -0.2) is 4.98 Å². The average molecular weight is 300 g/mol. The lowest BCUT2D eigenvalue weighted by molar-refractivity contribution is 0.0172. The summed E-state index contributed by atoms with van der Waals surface area (Å²) in [5, 5.41) is 10.2. The van der Waals surface area contributed by atoms with Gasteiger partial charge < -0.3 is 15.0 Å². The van der Waals surface area contributed by atoms with Crippen molar-refractivity contribution in [3.63, 3.8) is 0 Å². The number of imidazole rings is 1. The van der Waals surface area contributed by atoms with E-state index in [1.807, 2.05) is 18.2 Å². The fourth-order valence-corrected chi connectivity index (χ4v) is 3.87. The van der Waals surface area contributed by atoms with E-state index in [1.165, 1.54) is 12.8 Å². The molecule has 2 aromatic rings. The smallest absolute Gasteiger partial charge is 0.203 e. The maximum Gasteiger partial charge on any atom is 0.203 e. The maximum absolute atomic E-state index is 10.2. The molecule has 0 amide bonds. The average Bonchev–Trinajstić information content (AvgIpc) is 2.99. The number of fused-ring (bicyclic) bond motifs is 1. The molecule has 4 rings (SSSR count). The van der Waals surface area contributed by atoms with Gasteiger partial charge in [-0.1, -0.05) is 25.0 Å². The molecule has 2 fully saturated rings. The highest BCUT2D eigenvalue weighted by molar-refractivity contribution is 5.77. The number of H-pyrrole nitrogens is 1. The quantitative estimate of drug-likeness (QED) is 0.890. The third-order valence-electron chi connectivity index (χ3n) is 5.15. The first-order valence-corrected chi connectivity index (χ1v) is 8.43. The Morgan fingerprint density at radius 1 is 1.05 bits per heavy atom. The van der Waals surface area contributed by atoms with Gasteiger partial charge in [0.25, 0.3) is 0 Å². The van der Waals surface area contributed by atoms with Crippen LogP contribution in [-0.2, 0) is 0 Å². The topological polar surface area (TPSA) is 55.4 Å². The highest BCUT2D eigenvalue weighted by Gasteiger charge is 2.31. The molecule has 2 atom stereocenters. The Hall–Kier alpha value is -1.59. The number of hydrogen-bond acceptors (Lipinski definition) is 4. The lowest BCUT2D eigenvalue weighted by Crippen LogP contribution is -2.54. The summed E-state index contributed by atoms with van der Waals surface area (Å²) < 4.78 is 0. The van der Waals surface area contributed by atoms with E-state index in [2.05, 4.69) is 20.9 Å². The van der Waals surface area contributed by atoms with Crippen molar-refractivity contribution in [2.45, 2.75) is 37.8 Å². The minimum absolute atomic E-state index is 0.133. The standard InChI is InChI=1S/C17H24N4O/c22-16-8-4-3-7-15(16)20-9-11-21(12-10-20)17-18-13-5-1-2-6-14(13)19-17/h1-2,5-6,15-16,22H,3-4,7-12H2,(H,18,19). The number of benzene rings is 1. The van der Waals surface area contributed by atoms with E-state index < -0.39 is 0 Å². The molecule has 2 heterocycles. The van der Waals surface area contributed by atoms with Crippen LogP contribution in [0.1, 0.15) is 25.7 Å². The Morgan fingerprint density at radius 3 is 2.59 bits per heavy atom. The summed E-state index contributed by atoms with van der Waals surface area (Å²) in [7, 11) is 0. The number of aromatic amines is 1. The van der Waals surface area contributed by atoms with Gasteiger partial charge >= 0.3 is 0 Å². The number of piperazine rings is 1. The van der Waals surface area contributed by atoms with Gasteiger partial charge in [0.05, 0.1) is 17.1 Å². The van der Waals surface area contributed by atoms with Gasteiger partial charge in [-0.2, -0.15) is 0 Å². The van der Waals surface area contributed by atoms with E-state index in [9.17, 15) is 5.11 Å². The summed E-state index contributed by atoms with van der Waals surface area (Å²) in [6, 6.07) is 8.54. The van der Waals surface area contributed by atoms with Crippen LogP contribution in [-0.4, -0.2) is 58.3 Å². The summed E-state index contributed by atoms with van der Waals surface area (Å²) in [6.45, 7) is 3.98. The molecule has 1 aliphatic heterocycles. The van der Waals surface area contributed by atoms with Crippen LogP contribution in [0.25, 0.3) is 11.0 Å². The van der Waals surface area contributed by atoms with Crippen molar-refractivity contribution < 1.29 is 5.11 Å². The zero-order valence-electron chi connectivity index (χ0n) is 12.9. The van der Waals surface area contributed by atoms with Crippen LogP contribution in [0.5, 0.6) is 0 Å². The summed E-state index contributed by atoms with van der Waals surface area (Å²) in [4.78, 5) is 12.9. The van der Waals surface area contributed by atoms with Crippen molar-refractivity contribution in [1.82, 2.24) is 14.9 Å². The third kappa shape index (κ3) is 2.59. The van der Waals surface area contributed by atoms with Gasteiger partial charge in [0, 0.05) is 32.2 Å². The molecule has 1 aromatic heterocycles. The Kier molecular flexibility index (Phi) is 3.76. The van der Waals surface area contributed by atoms with Crippen LogP contribution < -0.4 is 4.90 Å². The second-order valence-corrected chi connectivity index (χ2v) is 6.52. The highest BCUT2D eigenvalue weighted by Crippen LogP contribution is 2.25. The van der Waals surface area contributed by atoms with Crippen molar-refractivity contribution in [3.8, 4) is 0 Å². The molecule has 0 radical (unpaired) electrons. The van der Waals surface area contributed by atoms with E-state index in [1.54, 1.807) is 0 Å². The SMILES string of the molecule is OC1CCCCC1N1CCN(c2nc3ccccc3[nH]2)CC1. The number of aliphatic hydroxyl groups is 1. The number of para-hydroxylation sites is 2. The summed E-state index contributed by atoms with van der Waals surface area (Å²) >= 11 is 0. The molecule has 22 heavy (non-hydrogen) atoms.